The highest BCUT2D eigenvalue weighted by atomic mass is 32.2. The van der Waals surface area contributed by atoms with Crippen molar-refractivity contribution in [2.24, 2.45) is 11.8 Å². The molecule has 1 rings (SSSR count). The van der Waals surface area contributed by atoms with E-state index in [9.17, 15) is 8.42 Å². The molecule has 0 spiro atoms. The molecule has 0 aromatic heterocycles. The summed E-state index contributed by atoms with van der Waals surface area (Å²) in [6.07, 6.45) is 5.79. The number of allylic oxidation sites excluding steroid dienone is 1. The zero-order valence-electron chi connectivity index (χ0n) is 8.77. The Kier molecular flexibility index (Phi) is 3.72. The number of hydrogen-bond donors (Lipinski definition) is 0. The molecule has 1 aliphatic rings. The summed E-state index contributed by atoms with van der Waals surface area (Å²) in [7, 11) is -3.32. The molecule has 0 radical (unpaired) electrons. The molecule has 82 valence electrons. The Morgan fingerprint density at radius 1 is 1.43 bits per heavy atom. The van der Waals surface area contributed by atoms with E-state index in [-0.39, 0.29) is 12.0 Å². The summed E-state index contributed by atoms with van der Waals surface area (Å²) in [4.78, 5) is 0. The van der Waals surface area contributed by atoms with Crippen molar-refractivity contribution in [1.29, 1.82) is 0 Å². The van der Waals surface area contributed by atoms with Crippen LogP contribution in [0.25, 0.3) is 0 Å². The summed E-state index contributed by atoms with van der Waals surface area (Å²) in [5.74, 6) is 0.631. The predicted octanol–water partition coefficient (Wildman–Crippen LogP) is 1.95. The Hall–Kier alpha value is -0.350. The van der Waals surface area contributed by atoms with Crippen LogP contribution in [0.2, 0.25) is 0 Å². The van der Waals surface area contributed by atoms with E-state index in [0.29, 0.717) is 5.92 Å². The zero-order chi connectivity index (χ0) is 10.8. The first kappa shape index (κ1) is 11.7. The average Bonchev–Trinajstić information content (AvgIpc) is 2.06. The van der Waals surface area contributed by atoms with E-state index < -0.39 is 10.1 Å². The predicted molar refractivity (Wildman–Crippen MR) is 56.4 cm³/mol. The summed E-state index contributed by atoms with van der Waals surface area (Å²) in [5, 5.41) is 0. The monoisotopic (exact) mass is 218 g/mol. The minimum absolute atomic E-state index is 0.165. The van der Waals surface area contributed by atoms with E-state index in [1.54, 1.807) is 0 Å². The lowest BCUT2D eigenvalue weighted by molar-refractivity contribution is 0.0854. The summed E-state index contributed by atoms with van der Waals surface area (Å²) in [6.45, 7) is 5.79. The third kappa shape index (κ3) is 3.10. The minimum Gasteiger partial charge on any atom is -0.267 e. The van der Waals surface area contributed by atoms with Gasteiger partial charge in [0.05, 0.1) is 12.4 Å². The first-order valence-electron chi connectivity index (χ1n) is 4.95. The Bertz CT molecular complexity index is 294. The van der Waals surface area contributed by atoms with Crippen molar-refractivity contribution in [3.63, 3.8) is 0 Å². The van der Waals surface area contributed by atoms with Crippen molar-refractivity contribution in [3.05, 3.63) is 12.7 Å². The van der Waals surface area contributed by atoms with Crippen LogP contribution in [0.1, 0.15) is 26.2 Å². The van der Waals surface area contributed by atoms with Gasteiger partial charge in [-0.25, -0.2) is 0 Å². The number of hydrogen-bond acceptors (Lipinski definition) is 3. The lowest BCUT2D eigenvalue weighted by Crippen LogP contribution is -2.33. The highest BCUT2D eigenvalue weighted by Crippen LogP contribution is 2.33. The minimum atomic E-state index is -3.32. The van der Waals surface area contributed by atoms with Crippen LogP contribution < -0.4 is 0 Å². The highest BCUT2D eigenvalue weighted by Gasteiger charge is 2.30. The first-order valence-corrected chi connectivity index (χ1v) is 6.76. The second kappa shape index (κ2) is 4.45. The molecular formula is C10H18O3S. The van der Waals surface area contributed by atoms with Crippen LogP contribution in [0.15, 0.2) is 12.7 Å². The average molecular weight is 218 g/mol. The van der Waals surface area contributed by atoms with Gasteiger partial charge in [-0.1, -0.05) is 19.4 Å². The standard InChI is InChI=1S/C10H18O3S/c1-4-9-6-5-7-10(8(9)2)13-14(3,11)12/h4,8-10H,1,5-7H2,2-3H3/t8-,9-,10-/m1/s1. The van der Waals surface area contributed by atoms with Gasteiger partial charge in [-0.05, 0) is 24.7 Å². The highest BCUT2D eigenvalue weighted by molar-refractivity contribution is 7.86. The van der Waals surface area contributed by atoms with Crippen LogP contribution in [0, 0.1) is 11.8 Å². The second-order valence-electron chi connectivity index (χ2n) is 4.03. The van der Waals surface area contributed by atoms with Crippen molar-refractivity contribution in [3.8, 4) is 0 Å². The zero-order valence-corrected chi connectivity index (χ0v) is 9.59. The topological polar surface area (TPSA) is 43.4 Å². The van der Waals surface area contributed by atoms with E-state index in [1.165, 1.54) is 0 Å². The molecule has 0 aliphatic heterocycles. The lowest BCUT2D eigenvalue weighted by Gasteiger charge is -2.33. The largest absolute Gasteiger partial charge is 0.267 e. The Balaban J connectivity index is 2.65. The Labute approximate surface area is 86.3 Å². The van der Waals surface area contributed by atoms with E-state index in [4.69, 9.17) is 4.18 Å². The Morgan fingerprint density at radius 3 is 2.57 bits per heavy atom. The molecule has 0 aromatic rings. The molecule has 0 amide bonds. The lowest BCUT2D eigenvalue weighted by atomic mass is 9.78. The van der Waals surface area contributed by atoms with Crippen molar-refractivity contribution in [2.75, 3.05) is 6.26 Å². The molecular weight excluding hydrogens is 200 g/mol. The summed E-state index contributed by atoms with van der Waals surface area (Å²) < 4.78 is 27.0. The van der Waals surface area contributed by atoms with Crippen molar-refractivity contribution >= 4 is 10.1 Å². The van der Waals surface area contributed by atoms with E-state index >= 15 is 0 Å². The maximum Gasteiger partial charge on any atom is 0.264 e. The SMILES string of the molecule is C=C[C@@H]1CCC[C@@H](OS(C)(=O)=O)[C@@H]1C. The molecule has 1 aliphatic carbocycles. The molecule has 14 heavy (non-hydrogen) atoms. The van der Waals surface area contributed by atoms with Gasteiger partial charge < -0.3 is 0 Å². The fourth-order valence-corrected chi connectivity index (χ4v) is 2.77. The molecule has 0 bridgehead atoms. The molecule has 1 fully saturated rings. The molecule has 0 heterocycles. The summed E-state index contributed by atoms with van der Waals surface area (Å²) in [6, 6.07) is 0. The summed E-state index contributed by atoms with van der Waals surface area (Å²) in [5.41, 5.74) is 0. The molecule has 1 saturated carbocycles. The van der Waals surface area contributed by atoms with E-state index in [0.717, 1.165) is 25.5 Å². The number of rotatable bonds is 3. The molecule has 0 saturated heterocycles. The second-order valence-corrected chi connectivity index (χ2v) is 5.63. The Morgan fingerprint density at radius 2 is 2.07 bits per heavy atom. The fraction of sp³-hybridized carbons (Fsp3) is 0.800. The van der Waals surface area contributed by atoms with Gasteiger partial charge in [-0.2, -0.15) is 8.42 Å². The van der Waals surface area contributed by atoms with Crippen LogP contribution >= 0.6 is 0 Å². The van der Waals surface area contributed by atoms with Gasteiger partial charge >= 0.3 is 0 Å². The van der Waals surface area contributed by atoms with E-state index in [1.807, 2.05) is 13.0 Å². The third-order valence-corrected chi connectivity index (χ3v) is 3.49. The van der Waals surface area contributed by atoms with Crippen LogP contribution in [-0.4, -0.2) is 20.8 Å². The van der Waals surface area contributed by atoms with Gasteiger partial charge in [-0.3, -0.25) is 4.18 Å². The maximum absolute atomic E-state index is 11.0. The van der Waals surface area contributed by atoms with Gasteiger partial charge in [0, 0.05) is 0 Å². The molecule has 0 aromatic carbocycles. The molecule has 0 N–H and O–H groups in total. The van der Waals surface area contributed by atoms with Gasteiger partial charge in [0.15, 0.2) is 0 Å². The van der Waals surface area contributed by atoms with Crippen LogP contribution in [0.3, 0.4) is 0 Å². The van der Waals surface area contributed by atoms with Gasteiger partial charge in [0.25, 0.3) is 10.1 Å². The van der Waals surface area contributed by atoms with Gasteiger partial charge in [-0.15, -0.1) is 6.58 Å². The molecule has 3 nitrogen and oxygen atoms in total. The van der Waals surface area contributed by atoms with Crippen molar-refractivity contribution < 1.29 is 12.6 Å². The fourth-order valence-electron chi connectivity index (χ4n) is 2.05. The first-order chi connectivity index (χ1) is 6.44. The van der Waals surface area contributed by atoms with Crippen molar-refractivity contribution in [2.45, 2.75) is 32.3 Å². The van der Waals surface area contributed by atoms with E-state index in [2.05, 4.69) is 6.58 Å². The van der Waals surface area contributed by atoms with Crippen molar-refractivity contribution in [1.82, 2.24) is 0 Å². The quantitative estimate of drug-likeness (QED) is 0.537. The summed E-state index contributed by atoms with van der Waals surface area (Å²) >= 11 is 0. The van der Waals surface area contributed by atoms with Crippen LogP contribution in [-0.2, 0) is 14.3 Å². The van der Waals surface area contributed by atoms with Crippen LogP contribution in [0.4, 0.5) is 0 Å². The molecule has 3 atom stereocenters. The normalized spacial score (nSPS) is 34.0. The third-order valence-electron chi connectivity index (χ3n) is 2.89. The molecule has 0 unspecified atom stereocenters. The molecule has 4 heteroatoms. The van der Waals surface area contributed by atoms with Gasteiger partial charge in [0.2, 0.25) is 0 Å². The smallest absolute Gasteiger partial charge is 0.264 e. The van der Waals surface area contributed by atoms with Gasteiger partial charge in [0.1, 0.15) is 0 Å². The van der Waals surface area contributed by atoms with Crippen LogP contribution in [0.5, 0.6) is 0 Å². The maximum atomic E-state index is 11.0.